The summed E-state index contributed by atoms with van der Waals surface area (Å²) in [4.78, 5) is 0. The average molecular weight is 234 g/mol. The first-order valence-electron chi connectivity index (χ1n) is 2.90. The average Bonchev–Trinajstić information content (AvgIpc) is 1.99. The fourth-order valence-electron chi connectivity index (χ4n) is 0.679. The summed E-state index contributed by atoms with van der Waals surface area (Å²) in [6, 6.07) is 4.72. The van der Waals surface area contributed by atoms with Crippen molar-refractivity contribution in [2.75, 3.05) is 5.32 Å². The molecule has 1 rings (SSSR count). The smallest absolute Gasteiger partial charge is 0.139 e. The van der Waals surface area contributed by atoms with Crippen LogP contribution < -0.4 is 5.32 Å². The van der Waals surface area contributed by atoms with E-state index >= 15 is 0 Å². The molecule has 0 heterocycles. The Bertz CT molecular complexity index is 277. The molecule has 1 nitrogen and oxygen atoms in total. The van der Waals surface area contributed by atoms with Crippen LogP contribution in [0.15, 0.2) is 22.7 Å². The maximum Gasteiger partial charge on any atom is 0.139 e. The van der Waals surface area contributed by atoms with E-state index in [1.54, 1.807) is 12.1 Å². The molecule has 1 aromatic carbocycles. The second kappa shape index (κ2) is 3.78. The van der Waals surface area contributed by atoms with Gasteiger partial charge >= 0.3 is 0 Å². The molecule has 0 unspecified atom stereocenters. The molecule has 0 amide bonds. The standard InChI is InChI=1S/C7H5BrFNS/c8-7-5(9)2-1-3-6(7)10-4-11/h1-4H,(H,10,11). The predicted molar refractivity (Wildman–Crippen MR) is 51.4 cm³/mol. The van der Waals surface area contributed by atoms with E-state index in [0.717, 1.165) is 0 Å². The Kier molecular flexibility index (Phi) is 2.96. The van der Waals surface area contributed by atoms with Gasteiger partial charge in [-0.25, -0.2) is 4.39 Å². The van der Waals surface area contributed by atoms with Gasteiger partial charge in [-0.15, -0.1) is 0 Å². The van der Waals surface area contributed by atoms with E-state index in [0.29, 0.717) is 10.2 Å². The van der Waals surface area contributed by atoms with Gasteiger partial charge < -0.3 is 5.32 Å². The minimum Gasteiger partial charge on any atom is -0.352 e. The van der Waals surface area contributed by atoms with Crippen molar-refractivity contribution in [3.05, 3.63) is 28.5 Å². The zero-order valence-corrected chi connectivity index (χ0v) is 7.88. The van der Waals surface area contributed by atoms with Gasteiger partial charge in [0.05, 0.1) is 15.7 Å². The largest absolute Gasteiger partial charge is 0.352 e. The summed E-state index contributed by atoms with van der Waals surface area (Å²) in [5, 5.41) is 2.72. The Labute approximate surface area is 77.7 Å². The second-order valence-electron chi connectivity index (χ2n) is 1.86. The van der Waals surface area contributed by atoms with Gasteiger partial charge in [-0.2, -0.15) is 0 Å². The van der Waals surface area contributed by atoms with Crippen LogP contribution in [0.5, 0.6) is 0 Å². The van der Waals surface area contributed by atoms with Crippen molar-refractivity contribution < 1.29 is 4.39 Å². The predicted octanol–water partition coefficient (Wildman–Crippen LogP) is 2.96. The van der Waals surface area contributed by atoms with E-state index in [-0.39, 0.29) is 5.82 Å². The number of hydrogen-bond donors (Lipinski definition) is 1. The van der Waals surface area contributed by atoms with Crippen LogP contribution in [-0.4, -0.2) is 5.49 Å². The highest BCUT2D eigenvalue weighted by Gasteiger charge is 2.01. The number of rotatable bonds is 2. The van der Waals surface area contributed by atoms with Gasteiger partial charge in [-0.1, -0.05) is 18.3 Å². The molecule has 0 spiro atoms. The van der Waals surface area contributed by atoms with Crippen molar-refractivity contribution in [3.63, 3.8) is 0 Å². The van der Waals surface area contributed by atoms with Gasteiger partial charge in [-0.05, 0) is 28.1 Å². The minimum absolute atomic E-state index is 0.299. The van der Waals surface area contributed by atoms with Gasteiger partial charge in [0, 0.05) is 0 Å². The fourth-order valence-corrected chi connectivity index (χ4v) is 1.18. The number of halogens is 2. The summed E-state index contributed by atoms with van der Waals surface area (Å²) < 4.78 is 13.2. The van der Waals surface area contributed by atoms with Crippen molar-refractivity contribution in [3.8, 4) is 0 Å². The first-order valence-corrected chi connectivity index (χ1v) is 4.16. The Morgan fingerprint density at radius 1 is 1.55 bits per heavy atom. The van der Waals surface area contributed by atoms with Crippen LogP contribution in [0.1, 0.15) is 0 Å². The van der Waals surface area contributed by atoms with E-state index in [4.69, 9.17) is 0 Å². The zero-order valence-electron chi connectivity index (χ0n) is 5.47. The molecule has 1 aromatic rings. The number of benzene rings is 1. The highest BCUT2D eigenvalue weighted by atomic mass is 79.9. The fraction of sp³-hybridized carbons (Fsp3) is 0. The second-order valence-corrected chi connectivity index (χ2v) is 2.89. The van der Waals surface area contributed by atoms with Crippen LogP contribution in [0.25, 0.3) is 0 Å². The topological polar surface area (TPSA) is 12.0 Å². The first-order chi connectivity index (χ1) is 5.25. The van der Waals surface area contributed by atoms with Crippen LogP contribution >= 0.6 is 28.1 Å². The highest BCUT2D eigenvalue weighted by Crippen LogP contribution is 2.24. The molecular formula is C7H5BrFNS. The number of nitrogens with one attached hydrogen (secondary N) is 1. The van der Waals surface area contributed by atoms with Crippen molar-refractivity contribution in [1.29, 1.82) is 0 Å². The lowest BCUT2D eigenvalue weighted by Gasteiger charge is -2.02. The summed E-state index contributed by atoms with van der Waals surface area (Å²) >= 11 is 7.63. The lowest BCUT2D eigenvalue weighted by atomic mass is 10.3. The molecule has 0 aliphatic carbocycles. The summed E-state index contributed by atoms with van der Waals surface area (Å²) in [5.74, 6) is -0.299. The molecule has 0 aromatic heterocycles. The van der Waals surface area contributed by atoms with E-state index in [1.165, 1.54) is 11.6 Å². The molecule has 0 fully saturated rings. The third kappa shape index (κ3) is 1.97. The van der Waals surface area contributed by atoms with E-state index in [1.807, 2.05) is 0 Å². The summed E-state index contributed by atoms with van der Waals surface area (Å²) in [6.45, 7) is 0. The number of hydrogen-bond acceptors (Lipinski definition) is 1. The molecule has 0 aliphatic heterocycles. The van der Waals surface area contributed by atoms with Gasteiger partial charge in [0.1, 0.15) is 5.82 Å². The maximum atomic E-state index is 12.8. The van der Waals surface area contributed by atoms with Crippen molar-refractivity contribution >= 4 is 39.3 Å². The lowest BCUT2D eigenvalue weighted by Crippen LogP contribution is -1.93. The third-order valence-electron chi connectivity index (χ3n) is 1.17. The monoisotopic (exact) mass is 233 g/mol. The molecule has 58 valence electrons. The normalized spacial score (nSPS) is 9.27. The Morgan fingerprint density at radius 2 is 2.27 bits per heavy atom. The molecule has 0 saturated carbocycles. The molecule has 4 heteroatoms. The van der Waals surface area contributed by atoms with E-state index in [9.17, 15) is 4.39 Å². The molecule has 0 saturated heterocycles. The molecule has 0 atom stereocenters. The van der Waals surface area contributed by atoms with Gasteiger partial charge in [0.2, 0.25) is 0 Å². The number of thiocarbonyl (C=S) groups is 1. The van der Waals surface area contributed by atoms with Gasteiger partial charge in [-0.3, -0.25) is 0 Å². The molecule has 1 N–H and O–H groups in total. The van der Waals surface area contributed by atoms with Crippen LogP contribution in [0.3, 0.4) is 0 Å². The van der Waals surface area contributed by atoms with Gasteiger partial charge in [0.15, 0.2) is 0 Å². The molecule has 0 aliphatic rings. The van der Waals surface area contributed by atoms with Crippen LogP contribution in [-0.2, 0) is 0 Å². The molecule has 11 heavy (non-hydrogen) atoms. The SMILES string of the molecule is Fc1cccc(NC=S)c1Br. The summed E-state index contributed by atoms with van der Waals surface area (Å²) in [6.07, 6.45) is 0. The lowest BCUT2D eigenvalue weighted by molar-refractivity contribution is 0.622. The van der Waals surface area contributed by atoms with Crippen LogP contribution in [0.2, 0.25) is 0 Å². The molecule has 0 bridgehead atoms. The van der Waals surface area contributed by atoms with Crippen molar-refractivity contribution in [1.82, 2.24) is 0 Å². The van der Waals surface area contributed by atoms with Crippen molar-refractivity contribution in [2.45, 2.75) is 0 Å². The quantitative estimate of drug-likeness (QED) is 0.789. The van der Waals surface area contributed by atoms with Crippen molar-refractivity contribution in [2.24, 2.45) is 0 Å². The summed E-state index contributed by atoms with van der Waals surface area (Å²) in [5.41, 5.74) is 1.97. The molecular weight excluding hydrogens is 229 g/mol. The highest BCUT2D eigenvalue weighted by molar-refractivity contribution is 9.10. The Balaban J connectivity index is 3.05. The zero-order chi connectivity index (χ0) is 8.27. The van der Waals surface area contributed by atoms with Gasteiger partial charge in [0.25, 0.3) is 0 Å². The Hall–Kier alpha value is -0.480. The summed E-state index contributed by atoms with van der Waals surface area (Å²) in [7, 11) is 0. The third-order valence-corrected chi connectivity index (χ3v) is 2.09. The number of anilines is 1. The maximum absolute atomic E-state index is 12.8. The van der Waals surface area contributed by atoms with Crippen LogP contribution in [0, 0.1) is 5.82 Å². The first kappa shape index (κ1) is 8.62. The minimum atomic E-state index is -0.299. The van der Waals surface area contributed by atoms with Crippen LogP contribution in [0.4, 0.5) is 10.1 Å². The molecule has 0 radical (unpaired) electrons. The Morgan fingerprint density at radius 3 is 2.91 bits per heavy atom. The van der Waals surface area contributed by atoms with E-state index < -0.39 is 0 Å². The van der Waals surface area contributed by atoms with E-state index in [2.05, 4.69) is 33.5 Å².